The second-order valence-corrected chi connectivity index (χ2v) is 21.0. The van der Waals surface area contributed by atoms with Crippen molar-refractivity contribution in [2.45, 2.75) is 171 Å². The molecular formula is C51H86N2O9. The predicted octanol–water partition coefficient (Wildman–Crippen LogP) is 9.61. The van der Waals surface area contributed by atoms with Crippen LogP contribution in [-0.2, 0) is 38.1 Å². The first-order valence-corrected chi connectivity index (χ1v) is 24.7. The molecule has 3 fully saturated rings. The van der Waals surface area contributed by atoms with E-state index in [0.717, 1.165) is 54.8 Å². The summed E-state index contributed by atoms with van der Waals surface area (Å²) in [4.78, 5) is 61.7. The molecule has 0 aromatic carbocycles. The first-order chi connectivity index (χ1) is 29.5. The Hall–Kier alpha value is -2.63. The lowest BCUT2D eigenvalue weighted by molar-refractivity contribution is -0.153. The van der Waals surface area contributed by atoms with E-state index in [1.807, 2.05) is 13.8 Å². The summed E-state index contributed by atoms with van der Waals surface area (Å²) in [6.07, 6.45) is 17.9. The fraction of sp³-hybridized carbons (Fsp3) is 0.863. The summed E-state index contributed by atoms with van der Waals surface area (Å²) < 4.78 is 22.9. The number of hydrogen-bond donors (Lipinski definition) is 2. The maximum Gasteiger partial charge on any atom is 0.312 e. The number of primary amides is 1. The number of ketones is 3. The molecule has 10 atom stereocenters. The van der Waals surface area contributed by atoms with Gasteiger partial charge in [0.05, 0.1) is 46.1 Å². The molecule has 0 saturated heterocycles. The second kappa shape index (κ2) is 25.2. The van der Waals surface area contributed by atoms with E-state index in [4.69, 9.17) is 24.7 Å². The van der Waals surface area contributed by atoms with Crippen molar-refractivity contribution >= 4 is 29.4 Å². The summed E-state index contributed by atoms with van der Waals surface area (Å²) in [5, 5.41) is 2.50. The lowest BCUT2D eigenvalue weighted by atomic mass is 9.47. The quantitative estimate of drug-likeness (QED) is 0.0424. The number of carbonyl (C=O) groups excluding carboxylic acids is 5. The molecule has 3 saturated carbocycles. The number of nitrogens with one attached hydrogen (secondary N) is 1. The number of amides is 2. The molecule has 4 aliphatic rings. The van der Waals surface area contributed by atoms with Gasteiger partial charge in [0.1, 0.15) is 23.5 Å². The number of allylic oxidation sites excluding steroid dienone is 1. The van der Waals surface area contributed by atoms with E-state index in [-0.39, 0.29) is 73.0 Å². The molecule has 4 rings (SSSR count). The van der Waals surface area contributed by atoms with Crippen molar-refractivity contribution in [3.05, 3.63) is 11.6 Å². The first-order valence-electron chi connectivity index (χ1n) is 24.7. The highest BCUT2D eigenvalue weighted by Crippen LogP contribution is 2.67. The van der Waals surface area contributed by atoms with E-state index in [2.05, 4.69) is 46.0 Å². The van der Waals surface area contributed by atoms with Crippen LogP contribution in [0.5, 0.6) is 0 Å². The Balaban J connectivity index is 1.05. The summed E-state index contributed by atoms with van der Waals surface area (Å²) in [7, 11) is 0. The molecule has 0 aromatic rings. The van der Waals surface area contributed by atoms with Crippen LogP contribution in [0.1, 0.15) is 165 Å². The van der Waals surface area contributed by atoms with Crippen molar-refractivity contribution in [2.24, 2.45) is 69.8 Å². The fourth-order valence-electron chi connectivity index (χ4n) is 12.4. The van der Waals surface area contributed by atoms with Crippen molar-refractivity contribution in [2.75, 3.05) is 46.2 Å². The molecule has 0 aromatic heterocycles. The molecule has 4 aliphatic carbocycles. The highest BCUT2D eigenvalue weighted by Gasteiger charge is 2.59. The molecule has 3 N–H and O–H groups in total. The molecular weight excluding hydrogens is 785 g/mol. The van der Waals surface area contributed by atoms with Gasteiger partial charge in [-0.15, -0.1) is 0 Å². The van der Waals surface area contributed by atoms with E-state index in [0.29, 0.717) is 57.8 Å². The van der Waals surface area contributed by atoms with Gasteiger partial charge in [0.25, 0.3) is 0 Å². The summed E-state index contributed by atoms with van der Waals surface area (Å²) >= 11 is 0. The van der Waals surface area contributed by atoms with Gasteiger partial charge < -0.3 is 30.0 Å². The molecule has 10 unspecified atom stereocenters. The van der Waals surface area contributed by atoms with Gasteiger partial charge in [0.15, 0.2) is 0 Å². The highest BCUT2D eigenvalue weighted by atomic mass is 16.6. The number of fused-ring (bicyclic) bond motifs is 5. The molecule has 11 heteroatoms. The molecule has 62 heavy (non-hydrogen) atoms. The van der Waals surface area contributed by atoms with Crippen LogP contribution < -0.4 is 11.1 Å². The third-order valence-corrected chi connectivity index (χ3v) is 16.0. The predicted molar refractivity (Wildman–Crippen MR) is 243 cm³/mol. The SMILES string of the molecule is CC(=O)C(CCCNC(N)=O)CC(=O)C(CC(=O)CCOCCOCCOCCC(=O)OC1CCC2(C)C(=CCC3C2CCC2(C)C(C(C)CCCC(C)C)CCC32)C1)C(C)C. The van der Waals surface area contributed by atoms with Gasteiger partial charge in [0, 0.05) is 44.1 Å². The monoisotopic (exact) mass is 871 g/mol. The Morgan fingerprint density at radius 2 is 1.47 bits per heavy atom. The zero-order valence-electron chi connectivity index (χ0n) is 40.1. The largest absolute Gasteiger partial charge is 0.462 e. The van der Waals surface area contributed by atoms with Crippen molar-refractivity contribution in [3.63, 3.8) is 0 Å². The number of esters is 1. The third kappa shape index (κ3) is 15.0. The molecule has 0 spiro atoms. The smallest absolute Gasteiger partial charge is 0.312 e. The molecule has 0 radical (unpaired) electrons. The zero-order chi connectivity index (χ0) is 45.5. The van der Waals surface area contributed by atoms with E-state index in [9.17, 15) is 24.0 Å². The summed E-state index contributed by atoms with van der Waals surface area (Å²) in [6, 6.07) is -0.622. The number of Topliss-reactive ketones (excluding diaryl/α,β-unsaturated/α-hetero) is 3. The zero-order valence-corrected chi connectivity index (χ0v) is 40.1. The van der Waals surface area contributed by atoms with Crippen LogP contribution >= 0.6 is 0 Å². The second-order valence-electron chi connectivity index (χ2n) is 21.0. The number of urea groups is 1. The minimum atomic E-state index is -0.622. The Bertz CT molecular complexity index is 1490. The lowest BCUT2D eigenvalue weighted by Crippen LogP contribution is -2.51. The van der Waals surface area contributed by atoms with Gasteiger partial charge in [0.2, 0.25) is 0 Å². The number of ether oxygens (including phenoxy) is 4. The van der Waals surface area contributed by atoms with Crippen LogP contribution in [0.25, 0.3) is 0 Å². The number of nitrogens with two attached hydrogens (primary N) is 1. The highest BCUT2D eigenvalue weighted by molar-refractivity contribution is 5.91. The van der Waals surface area contributed by atoms with Crippen LogP contribution in [-0.4, -0.2) is 81.6 Å². The van der Waals surface area contributed by atoms with E-state index in [1.54, 1.807) is 5.57 Å². The van der Waals surface area contributed by atoms with E-state index >= 15 is 0 Å². The maximum atomic E-state index is 13.1. The number of hydrogen-bond acceptors (Lipinski definition) is 9. The van der Waals surface area contributed by atoms with Crippen LogP contribution in [0.15, 0.2) is 11.6 Å². The van der Waals surface area contributed by atoms with E-state index in [1.165, 1.54) is 58.3 Å². The van der Waals surface area contributed by atoms with Gasteiger partial charge in [-0.1, -0.05) is 79.4 Å². The number of carbonyl (C=O) groups is 5. The lowest BCUT2D eigenvalue weighted by Gasteiger charge is -2.58. The number of rotatable bonds is 29. The first kappa shape index (κ1) is 52.0. The molecule has 354 valence electrons. The van der Waals surface area contributed by atoms with E-state index < -0.39 is 17.9 Å². The van der Waals surface area contributed by atoms with Crippen LogP contribution in [0.3, 0.4) is 0 Å². The molecule has 11 nitrogen and oxygen atoms in total. The fourth-order valence-corrected chi connectivity index (χ4v) is 12.4. The molecule has 0 bridgehead atoms. The Labute approximate surface area is 374 Å². The van der Waals surface area contributed by atoms with Crippen molar-refractivity contribution < 1.29 is 42.9 Å². The van der Waals surface area contributed by atoms with Crippen LogP contribution in [0, 0.1) is 64.1 Å². The molecule has 2 amide bonds. The third-order valence-electron chi connectivity index (χ3n) is 16.0. The topological polar surface area (TPSA) is 160 Å². The standard InChI is InChI=1S/C51H86N2O9/c1-34(2)11-9-12-36(5)44-16-17-45-42-15-14-39-32-41(18-22-50(39,7)46(42)19-23-51(44,45)8)62-48(57)21-26-60-28-30-61-29-27-59-25-20-40(55)33-43(35(3)4)47(56)31-38(37(6)54)13-10-24-53-49(52)58/h14,34-36,38,41-46H,9-13,15-33H2,1-8H3,(H3,52,53,58). The van der Waals surface area contributed by atoms with Gasteiger partial charge in [-0.05, 0) is 117 Å². The minimum absolute atomic E-state index is 0.0405. The molecule has 0 aliphatic heterocycles. The summed E-state index contributed by atoms with van der Waals surface area (Å²) in [6.45, 7) is 20.0. The Morgan fingerprint density at radius 3 is 2.11 bits per heavy atom. The normalized spacial score (nSPS) is 28.3. The average molecular weight is 871 g/mol. The van der Waals surface area contributed by atoms with Gasteiger partial charge in [-0.2, -0.15) is 0 Å². The van der Waals surface area contributed by atoms with Gasteiger partial charge in [-0.3, -0.25) is 19.2 Å². The Morgan fingerprint density at radius 1 is 0.790 bits per heavy atom. The van der Waals surface area contributed by atoms with Crippen molar-refractivity contribution in [1.82, 2.24) is 5.32 Å². The average Bonchev–Trinajstić information content (AvgIpc) is 3.57. The Kier molecular flexibility index (Phi) is 21.1. The van der Waals surface area contributed by atoms with Crippen LogP contribution in [0.4, 0.5) is 4.79 Å². The molecule has 0 heterocycles. The maximum absolute atomic E-state index is 13.1. The van der Waals surface area contributed by atoms with Gasteiger partial charge in [-0.25, -0.2) is 4.79 Å². The van der Waals surface area contributed by atoms with Crippen LogP contribution in [0.2, 0.25) is 0 Å². The van der Waals surface area contributed by atoms with Crippen molar-refractivity contribution in [3.8, 4) is 0 Å². The van der Waals surface area contributed by atoms with Crippen molar-refractivity contribution in [1.29, 1.82) is 0 Å². The van der Waals surface area contributed by atoms with Gasteiger partial charge >= 0.3 is 12.0 Å². The minimum Gasteiger partial charge on any atom is -0.462 e. The summed E-state index contributed by atoms with van der Waals surface area (Å²) in [5.74, 6) is 3.53. The summed E-state index contributed by atoms with van der Waals surface area (Å²) in [5.41, 5.74) is 7.36.